The van der Waals surface area contributed by atoms with Crippen LogP contribution >= 0.6 is 11.6 Å². The minimum atomic E-state index is -3.27. The van der Waals surface area contributed by atoms with Gasteiger partial charge in [-0.25, -0.2) is 13.1 Å². The van der Waals surface area contributed by atoms with Crippen molar-refractivity contribution >= 4 is 27.6 Å². The van der Waals surface area contributed by atoms with Crippen molar-refractivity contribution in [1.82, 2.24) is 14.9 Å². The number of hydrogen-bond acceptors (Lipinski definition) is 6. The summed E-state index contributed by atoms with van der Waals surface area (Å²) in [7, 11) is -3.27. The minimum absolute atomic E-state index is 0.209. The third kappa shape index (κ3) is 5.19. The first-order chi connectivity index (χ1) is 8.09. The van der Waals surface area contributed by atoms with E-state index in [0.717, 1.165) is 6.26 Å². The van der Waals surface area contributed by atoms with Crippen molar-refractivity contribution in [1.29, 1.82) is 0 Å². The first kappa shape index (κ1) is 15.2. The SMILES string of the molecule is CC(Cl)c1nnc(NCC(C)(C)NS(C)(=O)=O)o1. The minimum Gasteiger partial charge on any atom is -0.407 e. The van der Waals surface area contributed by atoms with Gasteiger partial charge in [0, 0.05) is 12.1 Å². The molecule has 9 heteroatoms. The van der Waals surface area contributed by atoms with Gasteiger partial charge < -0.3 is 9.73 Å². The Balaban J connectivity index is 2.58. The molecule has 18 heavy (non-hydrogen) atoms. The molecule has 1 heterocycles. The molecule has 0 saturated carbocycles. The van der Waals surface area contributed by atoms with Crippen molar-refractivity contribution in [2.24, 2.45) is 0 Å². The Hall–Kier alpha value is -0.860. The van der Waals surface area contributed by atoms with Gasteiger partial charge in [-0.05, 0) is 20.8 Å². The molecular formula is C9H17ClN4O3S. The lowest BCUT2D eigenvalue weighted by molar-refractivity contribution is 0.459. The highest BCUT2D eigenvalue weighted by atomic mass is 35.5. The second kappa shape index (κ2) is 5.41. The van der Waals surface area contributed by atoms with Gasteiger partial charge in [0.25, 0.3) is 0 Å². The maximum atomic E-state index is 11.1. The highest BCUT2D eigenvalue weighted by Gasteiger charge is 2.23. The van der Waals surface area contributed by atoms with Crippen LogP contribution in [0.25, 0.3) is 0 Å². The summed E-state index contributed by atoms with van der Waals surface area (Å²) in [6, 6.07) is 0.209. The molecule has 0 amide bonds. The van der Waals surface area contributed by atoms with E-state index < -0.39 is 15.6 Å². The fraction of sp³-hybridized carbons (Fsp3) is 0.778. The van der Waals surface area contributed by atoms with E-state index >= 15 is 0 Å². The molecule has 0 fully saturated rings. The van der Waals surface area contributed by atoms with E-state index in [2.05, 4.69) is 20.2 Å². The van der Waals surface area contributed by atoms with Crippen molar-refractivity contribution in [2.45, 2.75) is 31.7 Å². The summed E-state index contributed by atoms with van der Waals surface area (Å²) in [6.07, 6.45) is 1.11. The van der Waals surface area contributed by atoms with Crippen molar-refractivity contribution in [2.75, 3.05) is 18.1 Å². The van der Waals surface area contributed by atoms with Crippen LogP contribution in [0.5, 0.6) is 0 Å². The summed E-state index contributed by atoms with van der Waals surface area (Å²) in [4.78, 5) is 0. The summed E-state index contributed by atoms with van der Waals surface area (Å²) in [6.45, 7) is 5.50. The number of alkyl halides is 1. The molecule has 0 saturated heterocycles. The molecule has 0 spiro atoms. The molecule has 7 nitrogen and oxygen atoms in total. The lowest BCUT2D eigenvalue weighted by atomic mass is 10.1. The molecule has 0 aromatic carbocycles. The third-order valence-electron chi connectivity index (χ3n) is 1.92. The van der Waals surface area contributed by atoms with Gasteiger partial charge in [-0.3, -0.25) is 0 Å². The van der Waals surface area contributed by atoms with Crippen LogP contribution in [-0.4, -0.2) is 37.0 Å². The number of rotatable bonds is 6. The maximum Gasteiger partial charge on any atom is 0.315 e. The highest BCUT2D eigenvalue weighted by Crippen LogP contribution is 2.19. The number of nitrogens with zero attached hydrogens (tertiary/aromatic N) is 2. The fourth-order valence-electron chi connectivity index (χ4n) is 1.30. The molecule has 1 atom stereocenters. The molecule has 104 valence electrons. The third-order valence-corrected chi connectivity index (χ3v) is 3.03. The molecular weight excluding hydrogens is 280 g/mol. The highest BCUT2D eigenvalue weighted by molar-refractivity contribution is 7.88. The standard InChI is InChI=1S/C9H17ClN4O3S/c1-6(10)7-12-13-8(17-7)11-5-9(2,3)14-18(4,15)16/h6,14H,5H2,1-4H3,(H,11,13). The largest absolute Gasteiger partial charge is 0.407 e. The molecule has 0 aliphatic carbocycles. The molecule has 0 aliphatic rings. The number of aromatic nitrogens is 2. The van der Waals surface area contributed by atoms with Crippen molar-refractivity contribution in [3.63, 3.8) is 0 Å². The van der Waals surface area contributed by atoms with Crippen LogP contribution in [0.2, 0.25) is 0 Å². The van der Waals surface area contributed by atoms with Gasteiger partial charge in [0.05, 0.1) is 6.26 Å². The van der Waals surface area contributed by atoms with E-state index in [-0.39, 0.29) is 11.4 Å². The molecule has 0 radical (unpaired) electrons. The first-order valence-electron chi connectivity index (χ1n) is 5.29. The first-order valence-corrected chi connectivity index (χ1v) is 7.62. The number of nitrogens with one attached hydrogen (secondary N) is 2. The quantitative estimate of drug-likeness (QED) is 0.763. The van der Waals surface area contributed by atoms with Gasteiger partial charge in [0.2, 0.25) is 15.9 Å². The Labute approximate surface area is 111 Å². The fourth-order valence-corrected chi connectivity index (χ4v) is 2.47. The normalized spacial score (nSPS) is 14.5. The zero-order chi connectivity index (χ0) is 14.0. The average Bonchev–Trinajstić information content (AvgIpc) is 2.59. The van der Waals surface area contributed by atoms with Crippen LogP contribution in [0.3, 0.4) is 0 Å². The zero-order valence-corrected chi connectivity index (χ0v) is 12.3. The number of hydrogen-bond donors (Lipinski definition) is 2. The van der Waals surface area contributed by atoms with Crippen LogP contribution in [0.15, 0.2) is 4.42 Å². The summed E-state index contributed by atoms with van der Waals surface area (Å²) >= 11 is 5.78. The Kier molecular flexibility index (Phi) is 4.57. The van der Waals surface area contributed by atoms with Crippen molar-refractivity contribution < 1.29 is 12.8 Å². The van der Waals surface area contributed by atoms with E-state index in [1.807, 2.05) is 0 Å². The molecule has 0 bridgehead atoms. The van der Waals surface area contributed by atoms with E-state index in [1.165, 1.54) is 0 Å². The number of sulfonamides is 1. The van der Waals surface area contributed by atoms with Crippen LogP contribution in [-0.2, 0) is 10.0 Å². The van der Waals surface area contributed by atoms with Crippen molar-refractivity contribution in [3.05, 3.63) is 5.89 Å². The van der Waals surface area contributed by atoms with Crippen LogP contribution in [0, 0.1) is 0 Å². The van der Waals surface area contributed by atoms with E-state index in [0.29, 0.717) is 12.4 Å². The Morgan fingerprint density at radius 2 is 2.06 bits per heavy atom. The Morgan fingerprint density at radius 1 is 1.44 bits per heavy atom. The Bertz CT molecular complexity index is 498. The summed E-state index contributed by atoms with van der Waals surface area (Å²) in [5.74, 6) is 0.313. The van der Waals surface area contributed by atoms with Crippen LogP contribution in [0.4, 0.5) is 6.01 Å². The van der Waals surface area contributed by atoms with Crippen LogP contribution < -0.4 is 10.0 Å². The lowest BCUT2D eigenvalue weighted by Crippen LogP contribution is -2.47. The molecule has 1 aromatic heterocycles. The summed E-state index contributed by atoms with van der Waals surface area (Å²) in [5, 5.41) is 9.98. The predicted molar refractivity (Wildman–Crippen MR) is 69.1 cm³/mol. The number of halogens is 1. The van der Waals surface area contributed by atoms with Gasteiger partial charge in [0.1, 0.15) is 5.38 Å². The second-order valence-electron chi connectivity index (χ2n) is 4.67. The lowest BCUT2D eigenvalue weighted by Gasteiger charge is -2.24. The van der Waals surface area contributed by atoms with Gasteiger partial charge >= 0.3 is 6.01 Å². The van der Waals surface area contributed by atoms with Crippen molar-refractivity contribution in [3.8, 4) is 0 Å². The average molecular weight is 297 g/mol. The van der Waals surface area contributed by atoms with Crippen LogP contribution in [0.1, 0.15) is 32.0 Å². The molecule has 1 aromatic rings. The van der Waals surface area contributed by atoms with E-state index in [9.17, 15) is 8.42 Å². The summed E-state index contributed by atoms with van der Waals surface area (Å²) < 4.78 is 30.0. The van der Waals surface area contributed by atoms with Gasteiger partial charge in [-0.2, -0.15) is 0 Å². The molecule has 2 N–H and O–H groups in total. The van der Waals surface area contributed by atoms with Gasteiger partial charge in [-0.15, -0.1) is 16.7 Å². The molecule has 0 aliphatic heterocycles. The second-order valence-corrected chi connectivity index (χ2v) is 7.08. The molecule has 1 rings (SSSR count). The maximum absolute atomic E-state index is 11.1. The van der Waals surface area contributed by atoms with Gasteiger partial charge in [0.15, 0.2) is 0 Å². The number of anilines is 1. The Morgan fingerprint density at radius 3 is 2.50 bits per heavy atom. The van der Waals surface area contributed by atoms with E-state index in [1.54, 1.807) is 20.8 Å². The van der Waals surface area contributed by atoms with Gasteiger partial charge in [-0.1, -0.05) is 5.10 Å². The molecule has 1 unspecified atom stereocenters. The summed E-state index contributed by atoms with van der Waals surface area (Å²) in [5.41, 5.74) is -0.672. The van der Waals surface area contributed by atoms with E-state index in [4.69, 9.17) is 16.0 Å². The smallest absolute Gasteiger partial charge is 0.315 e. The zero-order valence-electron chi connectivity index (χ0n) is 10.7. The topological polar surface area (TPSA) is 97.1 Å². The monoisotopic (exact) mass is 296 g/mol. The predicted octanol–water partition coefficient (Wildman–Crippen LogP) is 1.11.